The lowest BCUT2D eigenvalue weighted by molar-refractivity contribution is 0.102. The Morgan fingerprint density at radius 3 is 2.48 bits per heavy atom. The van der Waals surface area contributed by atoms with Gasteiger partial charge in [0, 0.05) is 29.2 Å². The zero-order chi connectivity index (χ0) is 19.8. The van der Waals surface area contributed by atoms with Crippen LogP contribution in [0.1, 0.15) is 15.9 Å². The van der Waals surface area contributed by atoms with Crippen molar-refractivity contribution in [2.45, 2.75) is 6.92 Å². The number of hydrogen-bond acceptors (Lipinski definition) is 2. The van der Waals surface area contributed by atoms with Gasteiger partial charge in [0.15, 0.2) is 0 Å². The molecule has 0 unspecified atom stereocenters. The molecule has 2 aromatic heterocycles. The monoisotopic (exact) mass is 377 g/mol. The number of rotatable bonds is 3. The van der Waals surface area contributed by atoms with E-state index in [1.54, 1.807) is 0 Å². The molecule has 0 aliphatic carbocycles. The second-order valence-electron chi connectivity index (χ2n) is 7.14. The van der Waals surface area contributed by atoms with Crippen molar-refractivity contribution in [1.82, 2.24) is 9.38 Å². The molecule has 0 aliphatic rings. The molecule has 1 amide bonds. The highest BCUT2D eigenvalue weighted by atomic mass is 16.1. The van der Waals surface area contributed by atoms with Gasteiger partial charge in [0.25, 0.3) is 5.91 Å². The first-order chi connectivity index (χ1) is 14.2. The molecule has 5 aromatic rings. The van der Waals surface area contributed by atoms with E-state index >= 15 is 0 Å². The molecule has 3 aromatic carbocycles. The summed E-state index contributed by atoms with van der Waals surface area (Å²) < 4.78 is 2.03. The Bertz CT molecular complexity index is 1350. The molecule has 0 saturated carbocycles. The van der Waals surface area contributed by atoms with Crippen LogP contribution in [0.25, 0.3) is 27.7 Å². The van der Waals surface area contributed by atoms with Crippen LogP contribution in [0, 0.1) is 6.92 Å². The lowest BCUT2D eigenvalue weighted by atomic mass is 10.1. The lowest BCUT2D eigenvalue weighted by Crippen LogP contribution is -2.11. The summed E-state index contributed by atoms with van der Waals surface area (Å²) in [6.45, 7) is 2.05. The fourth-order valence-electron chi connectivity index (χ4n) is 3.55. The second kappa shape index (κ2) is 6.91. The van der Waals surface area contributed by atoms with Gasteiger partial charge in [-0.1, -0.05) is 48.5 Å². The maximum atomic E-state index is 12.6. The quantitative estimate of drug-likeness (QED) is 0.437. The van der Waals surface area contributed by atoms with Crippen molar-refractivity contribution in [1.29, 1.82) is 0 Å². The second-order valence-corrected chi connectivity index (χ2v) is 7.14. The zero-order valence-corrected chi connectivity index (χ0v) is 16.0. The average molecular weight is 377 g/mol. The van der Waals surface area contributed by atoms with E-state index in [2.05, 4.69) is 18.3 Å². The lowest BCUT2D eigenvalue weighted by Gasteiger charge is -2.07. The van der Waals surface area contributed by atoms with Crippen LogP contribution < -0.4 is 5.32 Å². The first kappa shape index (κ1) is 17.2. The van der Waals surface area contributed by atoms with Crippen LogP contribution in [0.15, 0.2) is 91.3 Å². The van der Waals surface area contributed by atoms with Gasteiger partial charge >= 0.3 is 0 Å². The highest BCUT2D eigenvalue weighted by Gasteiger charge is 2.09. The van der Waals surface area contributed by atoms with Crippen molar-refractivity contribution < 1.29 is 4.79 Å². The average Bonchev–Trinajstić information content (AvgIpc) is 3.20. The van der Waals surface area contributed by atoms with E-state index in [1.807, 2.05) is 89.6 Å². The number of fused-ring (bicyclic) bond motifs is 2. The van der Waals surface area contributed by atoms with Crippen molar-refractivity contribution in [3.8, 4) is 11.3 Å². The van der Waals surface area contributed by atoms with Gasteiger partial charge in [-0.2, -0.15) is 0 Å². The molecule has 2 heterocycles. The normalized spacial score (nSPS) is 11.1. The topological polar surface area (TPSA) is 46.4 Å². The number of pyridine rings is 1. The minimum Gasteiger partial charge on any atom is -0.322 e. The SMILES string of the molecule is Cc1cccn2cc(-c3ccc(NC(=O)c4ccc5ccccc5c4)cc3)nc12. The third-order valence-corrected chi connectivity index (χ3v) is 5.13. The molecular formula is C25H19N3O. The van der Waals surface area contributed by atoms with Crippen molar-refractivity contribution in [2.75, 3.05) is 5.32 Å². The van der Waals surface area contributed by atoms with Gasteiger partial charge in [-0.15, -0.1) is 0 Å². The number of carbonyl (C=O) groups is 1. The molecule has 0 atom stereocenters. The van der Waals surface area contributed by atoms with E-state index in [1.165, 1.54) is 0 Å². The summed E-state index contributed by atoms with van der Waals surface area (Å²) >= 11 is 0. The Labute approximate surface area is 168 Å². The fourth-order valence-corrected chi connectivity index (χ4v) is 3.55. The van der Waals surface area contributed by atoms with Gasteiger partial charge in [0.1, 0.15) is 5.65 Å². The summed E-state index contributed by atoms with van der Waals surface area (Å²) in [7, 11) is 0. The van der Waals surface area contributed by atoms with Crippen molar-refractivity contribution in [3.05, 3.63) is 102 Å². The minimum absolute atomic E-state index is 0.119. The minimum atomic E-state index is -0.119. The smallest absolute Gasteiger partial charge is 0.255 e. The van der Waals surface area contributed by atoms with Crippen LogP contribution in [0.2, 0.25) is 0 Å². The number of anilines is 1. The largest absolute Gasteiger partial charge is 0.322 e. The number of aromatic nitrogens is 2. The Hall–Kier alpha value is -3.92. The first-order valence-electron chi connectivity index (χ1n) is 9.52. The van der Waals surface area contributed by atoms with E-state index in [0.717, 1.165) is 38.9 Å². The summed E-state index contributed by atoms with van der Waals surface area (Å²) in [5.74, 6) is -0.119. The molecule has 0 bridgehead atoms. The summed E-state index contributed by atoms with van der Waals surface area (Å²) in [6.07, 6.45) is 4.02. The number of imidazole rings is 1. The fraction of sp³-hybridized carbons (Fsp3) is 0.0400. The van der Waals surface area contributed by atoms with Crippen molar-refractivity contribution in [3.63, 3.8) is 0 Å². The van der Waals surface area contributed by atoms with E-state index in [4.69, 9.17) is 4.98 Å². The molecule has 0 fully saturated rings. The molecule has 0 aliphatic heterocycles. The highest BCUT2D eigenvalue weighted by molar-refractivity contribution is 6.06. The predicted octanol–water partition coefficient (Wildman–Crippen LogP) is 5.72. The zero-order valence-electron chi connectivity index (χ0n) is 16.0. The number of aryl methyl sites for hydroxylation is 1. The van der Waals surface area contributed by atoms with Crippen LogP contribution in [0.4, 0.5) is 5.69 Å². The first-order valence-corrected chi connectivity index (χ1v) is 9.52. The maximum Gasteiger partial charge on any atom is 0.255 e. The van der Waals surface area contributed by atoms with E-state index in [0.29, 0.717) is 5.56 Å². The number of carbonyl (C=O) groups excluding carboxylic acids is 1. The summed E-state index contributed by atoms with van der Waals surface area (Å²) in [5.41, 5.74) is 5.41. The van der Waals surface area contributed by atoms with E-state index in [9.17, 15) is 4.79 Å². The Kier molecular flexibility index (Phi) is 4.10. The molecule has 29 heavy (non-hydrogen) atoms. The number of nitrogens with zero attached hydrogens (tertiary/aromatic N) is 2. The Morgan fingerprint density at radius 2 is 1.69 bits per heavy atom. The molecule has 4 nitrogen and oxygen atoms in total. The maximum absolute atomic E-state index is 12.6. The van der Waals surface area contributed by atoms with Crippen LogP contribution in [0.5, 0.6) is 0 Å². The summed E-state index contributed by atoms with van der Waals surface area (Å²) in [6, 6.07) is 25.6. The van der Waals surface area contributed by atoms with Crippen LogP contribution in [-0.2, 0) is 0 Å². The summed E-state index contributed by atoms with van der Waals surface area (Å²) in [4.78, 5) is 17.4. The predicted molar refractivity (Wildman–Crippen MR) is 117 cm³/mol. The number of nitrogens with one attached hydrogen (secondary N) is 1. The van der Waals surface area contributed by atoms with E-state index < -0.39 is 0 Å². The molecule has 4 heteroatoms. The number of hydrogen-bond donors (Lipinski definition) is 1. The van der Waals surface area contributed by atoms with Gasteiger partial charge in [0.2, 0.25) is 0 Å². The molecule has 1 N–H and O–H groups in total. The molecule has 0 radical (unpaired) electrons. The molecule has 140 valence electrons. The van der Waals surface area contributed by atoms with Gasteiger partial charge in [-0.25, -0.2) is 4.98 Å². The number of benzene rings is 3. The van der Waals surface area contributed by atoms with Gasteiger partial charge in [-0.05, 0) is 53.6 Å². The van der Waals surface area contributed by atoms with E-state index in [-0.39, 0.29) is 5.91 Å². The molecule has 0 saturated heterocycles. The Balaban J connectivity index is 1.37. The Morgan fingerprint density at radius 1 is 0.897 bits per heavy atom. The van der Waals surface area contributed by atoms with Gasteiger partial charge in [-0.3, -0.25) is 4.79 Å². The molecule has 5 rings (SSSR count). The third kappa shape index (κ3) is 3.25. The number of amides is 1. The highest BCUT2D eigenvalue weighted by Crippen LogP contribution is 2.23. The van der Waals surface area contributed by atoms with Crippen molar-refractivity contribution >= 4 is 28.0 Å². The molecule has 0 spiro atoms. The standard InChI is InChI=1S/C25H19N3O/c1-17-5-4-14-28-16-23(27-24(17)28)19-10-12-22(13-11-19)26-25(29)21-9-8-18-6-2-3-7-20(18)15-21/h2-16H,1H3,(H,26,29). The van der Waals surface area contributed by atoms with Gasteiger partial charge in [0.05, 0.1) is 5.69 Å². The van der Waals surface area contributed by atoms with Gasteiger partial charge < -0.3 is 9.72 Å². The van der Waals surface area contributed by atoms with Crippen LogP contribution >= 0.6 is 0 Å². The third-order valence-electron chi connectivity index (χ3n) is 5.13. The summed E-state index contributed by atoms with van der Waals surface area (Å²) in [5, 5.41) is 5.15. The van der Waals surface area contributed by atoms with Crippen LogP contribution in [-0.4, -0.2) is 15.3 Å². The van der Waals surface area contributed by atoms with Crippen LogP contribution in [0.3, 0.4) is 0 Å². The van der Waals surface area contributed by atoms with Crippen molar-refractivity contribution in [2.24, 2.45) is 0 Å². The molecular weight excluding hydrogens is 358 g/mol.